The highest BCUT2D eigenvalue weighted by molar-refractivity contribution is 7.99. The minimum absolute atomic E-state index is 0.0152. The molecular formula is C20H24ClN5OS2. The van der Waals surface area contributed by atoms with E-state index in [9.17, 15) is 4.79 Å². The molecule has 2 N–H and O–H groups in total. The molecule has 0 bridgehead atoms. The summed E-state index contributed by atoms with van der Waals surface area (Å²) in [5.74, 6) is 6.97. The van der Waals surface area contributed by atoms with E-state index < -0.39 is 0 Å². The zero-order valence-corrected chi connectivity index (χ0v) is 19.2. The Morgan fingerprint density at radius 2 is 1.90 bits per heavy atom. The van der Waals surface area contributed by atoms with Crippen LogP contribution in [0.4, 0.5) is 0 Å². The van der Waals surface area contributed by atoms with Gasteiger partial charge in [-0.25, -0.2) is 4.68 Å². The zero-order chi connectivity index (χ0) is 21.2. The standard InChI is InChI=1S/C20H24ClN5OS2/c1-20(2,3)14-7-5-13(6-8-14)18-23-24-19(26(18)22)28-12-17(27)25(4)11-15-9-10-16(21)29-15/h5-10H,11-12,22H2,1-4H3. The van der Waals surface area contributed by atoms with Gasteiger partial charge in [-0.3, -0.25) is 4.79 Å². The molecule has 0 saturated carbocycles. The quantitative estimate of drug-likeness (QED) is 0.445. The van der Waals surface area contributed by atoms with Crippen molar-refractivity contribution in [3.8, 4) is 11.4 Å². The number of nitrogens with two attached hydrogens (primary N) is 1. The Balaban J connectivity index is 1.63. The minimum Gasteiger partial charge on any atom is -0.340 e. The molecular weight excluding hydrogens is 426 g/mol. The molecule has 2 heterocycles. The van der Waals surface area contributed by atoms with Gasteiger partial charge < -0.3 is 10.7 Å². The van der Waals surface area contributed by atoms with Crippen LogP contribution in [0.25, 0.3) is 11.4 Å². The van der Waals surface area contributed by atoms with Crippen LogP contribution in [0.1, 0.15) is 31.2 Å². The number of thiophene rings is 1. The molecule has 29 heavy (non-hydrogen) atoms. The average molecular weight is 450 g/mol. The Morgan fingerprint density at radius 3 is 2.48 bits per heavy atom. The van der Waals surface area contributed by atoms with E-state index in [0.29, 0.717) is 17.5 Å². The number of benzene rings is 1. The van der Waals surface area contributed by atoms with E-state index in [-0.39, 0.29) is 17.1 Å². The number of rotatable bonds is 6. The molecule has 9 heteroatoms. The fourth-order valence-corrected chi connectivity index (χ4v) is 4.62. The second kappa shape index (κ2) is 8.77. The van der Waals surface area contributed by atoms with Crippen LogP contribution in [0.5, 0.6) is 0 Å². The number of nitrogens with zero attached hydrogens (tertiary/aromatic N) is 4. The summed E-state index contributed by atoms with van der Waals surface area (Å²) < 4.78 is 2.15. The molecule has 3 rings (SSSR count). The van der Waals surface area contributed by atoms with Crippen LogP contribution < -0.4 is 5.84 Å². The predicted octanol–water partition coefficient (Wildman–Crippen LogP) is 4.42. The first kappa shape index (κ1) is 21.7. The molecule has 6 nitrogen and oxygen atoms in total. The first-order chi connectivity index (χ1) is 13.6. The van der Waals surface area contributed by atoms with Gasteiger partial charge in [0, 0.05) is 17.5 Å². The topological polar surface area (TPSA) is 77.0 Å². The number of halogens is 1. The van der Waals surface area contributed by atoms with Crippen LogP contribution in [0.15, 0.2) is 41.6 Å². The molecule has 3 aromatic rings. The number of carbonyl (C=O) groups is 1. The molecule has 0 aliphatic heterocycles. The SMILES string of the molecule is CN(Cc1ccc(Cl)s1)C(=O)CSc1nnc(-c2ccc(C(C)(C)C)cc2)n1N. The first-order valence-corrected chi connectivity index (χ1v) is 11.3. The molecule has 154 valence electrons. The van der Waals surface area contributed by atoms with Crippen molar-refractivity contribution in [3.05, 3.63) is 51.2 Å². The molecule has 0 aliphatic rings. The lowest BCUT2D eigenvalue weighted by molar-refractivity contribution is -0.127. The molecule has 0 fully saturated rings. The lowest BCUT2D eigenvalue weighted by Gasteiger charge is -2.19. The normalized spacial score (nSPS) is 11.6. The van der Waals surface area contributed by atoms with Crippen molar-refractivity contribution in [1.82, 2.24) is 19.8 Å². The van der Waals surface area contributed by atoms with E-state index in [4.69, 9.17) is 17.4 Å². The van der Waals surface area contributed by atoms with Gasteiger partial charge in [-0.2, -0.15) is 0 Å². The van der Waals surface area contributed by atoms with Gasteiger partial charge in [-0.15, -0.1) is 21.5 Å². The summed E-state index contributed by atoms with van der Waals surface area (Å²) in [6.07, 6.45) is 0. The van der Waals surface area contributed by atoms with Gasteiger partial charge in [0.1, 0.15) is 0 Å². The maximum atomic E-state index is 12.4. The van der Waals surface area contributed by atoms with Crippen LogP contribution in [0, 0.1) is 0 Å². The maximum Gasteiger partial charge on any atom is 0.233 e. The van der Waals surface area contributed by atoms with Crippen LogP contribution in [-0.4, -0.2) is 38.5 Å². The Morgan fingerprint density at radius 1 is 1.21 bits per heavy atom. The summed E-state index contributed by atoms with van der Waals surface area (Å²) in [5.41, 5.74) is 2.20. The highest BCUT2D eigenvalue weighted by Crippen LogP contribution is 2.27. The van der Waals surface area contributed by atoms with Crippen molar-refractivity contribution >= 4 is 40.6 Å². The number of hydrogen-bond acceptors (Lipinski definition) is 6. The van der Waals surface area contributed by atoms with Crippen LogP contribution in [0.3, 0.4) is 0 Å². The number of hydrogen-bond donors (Lipinski definition) is 1. The summed E-state index contributed by atoms with van der Waals surface area (Å²) >= 11 is 8.69. The highest BCUT2D eigenvalue weighted by Gasteiger charge is 2.18. The van der Waals surface area contributed by atoms with Gasteiger partial charge >= 0.3 is 0 Å². The van der Waals surface area contributed by atoms with E-state index in [2.05, 4.69) is 43.1 Å². The molecule has 0 aliphatic carbocycles. The van der Waals surface area contributed by atoms with Crippen LogP contribution in [-0.2, 0) is 16.8 Å². The largest absolute Gasteiger partial charge is 0.340 e. The second-order valence-corrected chi connectivity index (χ2v) is 10.5. The van der Waals surface area contributed by atoms with E-state index >= 15 is 0 Å². The Kier molecular flexibility index (Phi) is 6.55. The van der Waals surface area contributed by atoms with Crippen molar-refractivity contribution in [1.29, 1.82) is 0 Å². The van der Waals surface area contributed by atoms with E-state index in [0.717, 1.165) is 14.8 Å². The molecule has 0 atom stereocenters. The molecule has 1 aromatic carbocycles. The molecule has 0 saturated heterocycles. The third-order valence-electron chi connectivity index (χ3n) is 4.45. The van der Waals surface area contributed by atoms with Crippen LogP contribution in [0.2, 0.25) is 4.34 Å². The van der Waals surface area contributed by atoms with Crippen LogP contribution >= 0.6 is 34.7 Å². The summed E-state index contributed by atoms with van der Waals surface area (Å²) in [7, 11) is 1.77. The molecule has 0 spiro atoms. The van der Waals surface area contributed by atoms with Gasteiger partial charge in [0.15, 0.2) is 5.82 Å². The minimum atomic E-state index is -0.0152. The summed E-state index contributed by atoms with van der Waals surface area (Å²) in [6.45, 7) is 7.03. The summed E-state index contributed by atoms with van der Waals surface area (Å²) in [6, 6.07) is 11.9. The Labute approximate surface area is 184 Å². The first-order valence-electron chi connectivity index (χ1n) is 9.07. The van der Waals surface area contributed by atoms with Crippen molar-refractivity contribution in [3.63, 3.8) is 0 Å². The third-order valence-corrected chi connectivity index (χ3v) is 6.59. The van der Waals surface area contributed by atoms with Gasteiger partial charge in [0.05, 0.1) is 16.6 Å². The smallest absolute Gasteiger partial charge is 0.233 e. The third kappa shape index (κ3) is 5.32. The zero-order valence-electron chi connectivity index (χ0n) is 16.8. The number of carbonyl (C=O) groups excluding carboxylic acids is 1. The van der Waals surface area contributed by atoms with E-state index in [1.807, 2.05) is 24.3 Å². The fraction of sp³-hybridized carbons (Fsp3) is 0.350. The van der Waals surface area contributed by atoms with Crippen molar-refractivity contribution < 1.29 is 4.79 Å². The summed E-state index contributed by atoms with van der Waals surface area (Å²) in [4.78, 5) is 15.1. The van der Waals surface area contributed by atoms with E-state index in [1.165, 1.54) is 33.3 Å². The van der Waals surface area contributed by atoms with Gasteiger partial charge in [-0.05, 0) is 23.1 Å². The molecule has 1 amide bonds. The number of amides is 1. The van der Waals surface area contributed by atoms with Gasteiger partial charge in [0.2, 0.25) is 11.1 Å². The second-order valence-electron chi connectivity index (χ2n) is 7.75. The molecule has 0 unspecified atom stereocenters. The van der Waals surface area contributed by atoms with Gasteiger partial charge in [-0.1, -0.05) is 68.4 Å². The number of aromatic nitrogens is 3. The van der Waals surface area contributed by atoms with Crippen molar-refractivity contribution in [2.45, 2.75) is 37.9 Å². The number of nitrogen functional groups attached to an aromatic ring is 1. The lowest BCUT2D eigenvalue weighted by atomic mass is 9.87. The molecule has 2 aromatic heterocycles. The van der Waals surface area contributed by atoms with Crippen molar-refractivity contribution in [2.24, 2.45) is 0 Å². The fourth-order valence-electron chi connectivity index (χ4n) is 2.69. The number of thioether (sulfide) groups is 1. The predicted molar refractivity (Wildman–Crippen MR) is 121 cm³/mol. The van der Waals surface area contributed by atoms with Gasteiger partial charge in [0.25, 0.3) is 0 Å². The highest BCUT2D eigenvalue weighted by atomic mass is 35.5. The van der Waals surface area contributed by atoms with E-state index in [1.54, 1.807) is 11.9 Å². The Bertz CT molecular complexity index is 991. The average Bonchev–Trinajstić information content (AvgIpc) is 3.24. The van der Waals surface area contributed by atoms with Crippen molar-refractivity contribution in [2.75, 3.05) is 18.6 Å². The monoisotopic (exact) mass is 449 g/mol. The molecule has 0 radical (unpaired) electrons. The summed E-state index contributed by atoms with van der Waals surface area (Å²) in [5, 5.41) is 8.85. The maximum absolute atomic E-state index is 12.4. The Hall–Kier alpha value is -2.03. The lowest BCUT2D eigenvalue weighted by Crippen LogP contribution is -2.27.